The van der Waals surface area contributed by atoms with Crippen LogP contribution in [0.5, 0.6) is 11.5 Å². The summed E-state index contributed by atoms with van der Waals surface area (Å²) in [4.78, 5) is 13.9. The highest BCUT2D eigenvalue weighted by Gasteiger charge is 2.22. The zero-order valence-corrected chi connectivity index (χ0v) is 21.3. The monoisotopic (exact) mass is 551 g/mol. The molecular formula is C26H18ClN3O5S2. The van der Waals surface area contributed by atoms with Gasteiger partial charge in [-0.3, -0.25) is 9.52 Å². The fraction of sp³-hybridized carbons (Fsp3) is 0. The van der Waals surface area contributed by atoms with Gasteiger partial charge < -0.3 is 14.6 Å². The summed E-state index contributed by atoms with van der Waals surface area (Å²) in [6.07, 6.45) is 1.41. The van der Waals surface area contributed by atoms with E-state index in [-0.39, 0.29) is 15.5 Å². The SMILES string of the molecule is O=C(Nc1ccc(Cl)cc1)c1cc(Oc2ccccc2)ccc1NS(=O)(=O)c1ccc(-c2ccon2)s1. The number of carbonyl (C=O) groups is 1. The normalized spacial score (nSPS) is 11.2. The quantitative estimate of drug-likeness (QED) is 0.217. The molecule has 0 fully saturated rings. The van der Waals surface area contributed by atoms with Crippen molar-refractivity contribution in [1.29, 1.82) is 0 Å². The van der Waals surface area contributed by atoms with Gasteiger partial charge in [-0.2, -0.15) is 0 Å². The minimum Gasteiger partial charge on any atom is -0.457 e. The first-order valence-electron chi connectivity index (χ1n) is 10.8. The second kappa shape index (κ2) is 10.5. The van der Waals surface area contributed by atoms with E-state index in [1.807, 2.05) is 18.2 Å². The van der Waals surface area contributed by atoms with Gasteiger partial charge in [0.1, 0.15) is 27.7 Å². The summed E-state index contributed by atoms with van der Waals surface area (Å²) in [7, 11) is -4.02. The van der Waals surface area contributed by atoms with E-state index in [0.717, 1.165) is 11.3 Å². The van der Waals surface area contributed by atoms with Crippen molar-refractivity contribution in [3.05, 3.63) is 108 Å². The highest BCUT2D eigenvalue weighted by Crippen LogP contribution is 2.33. The molecule has 0 aliphatic heterocycles. The van der Waals surface area contributed by atoms with Crippen LogP contribution >= 0.6 is 22.9 Å². The lowest BCUT2D eigenvalue weighted by molar-refractivity contribution is 0.102. The average molecular weight is 552 g/mol. The molecule has 37 heavy (non-hydrogen) atoms. The van der Waals surface area contributed by atoms with Crippen molar-refractivity contribution in [2.75, 3.05) is 10.0 Å². The Kier molecular flexibility index (Phi) is 6.95. The Morgan fingerprint density at radius 3 is 2.43 bits per heavy atom. The molecule has 3 aromatic carbocycles. The summed E-state index contributed by atoms with van der Waals surface area (Å²) in [6.45, 7) is 0. The molecule has 0 atom stereocenters. The number of sulfonamides is 1. The van der Waals surface area contributed by atoms with E-state index >= 15 is 0 Å². The third-order valence-corrected chi connectivity index (χ3v) is 8.31. The number of nitrogens with zero attached hydrogens (tertiary/aromatic N) is 1. The number of aromatic nitrogens is 1. The topological polar surface area (TPSA) is 111 Å². The van der Waals surface area contributed by atoms with Crippen LogP contribution in [0.3, 0.4) is 0 Å². The Morgan fingerprint density at radius 2 is 1.70 bits per heavy atom. The summed E-state index contributed by atoms with van der Waals surface area (Å²) < 4.78 is 39.7. The van der Waals surface area contributed by atoms with Crippen LogP contribution in [0, 0.1) is 0 Å². The van der Waals surface area contributed by atoms with Gasteiger partial charge in [0.05, 0.1) is 16.1 Å². The summed E-state index contributed by atoms with van der Waals surface area (Å²) in [5.74, 6) is 0.395. The zero-order valence-electron chi connectivity index (χ0n) is 18.9. The number of carbonyl (C=O) groups excluding carboxylic acids is 1. The van der Waals surface area contributed by atoms with Crippen molar-refractivity contribution >= 4 is 50.2 Å². The van der Waals surface area contributed by atoms with Gasteiger partial charge in [0, 0.05) is 16.8 Å². The smallest absolute Gasteiger partial charge is 0.271 e. The van der Waals surface area contributed by atoms with Crippen LogP contribution in [0.2, 0.25) is 5.02 Å². The number of para-hydroxylation sites is 1. The lowest BCUT2D eigenvalue weighted by Crippen LogP contribution is -2.18. The molecule has 2 aromatic heterocycles. The van der Waals surface area contributed by atoms with E-state index in [0.29, 0.717) is 32.8 Å². The molecule has 0 spiro atoms. The van der Waals surface area contributed by atoms with Crippen molar-refractivity contribution in [3.63, 3.8) is 0 Å². The Labute approximate surface area is 221 Å². The molecule has 5 rings (SSSR count). The van der Waals surface area contributed by atoms with Crippen LogP contribution in [0.1, 0.15) is 10.4 Å². The first kappa shape index (κ1) is 24.6. The van der Waals surface area contributed by atoms with Gasteiger partial charge in [-0.15, -0.1) is 11.3 Å². The molecule has 0 saturated heterocycles. The summed E-state index contributed by atoms with van der Waals surface area (Å²) in [5.41, 5.74) is 1.17. The van der Waals surface area contributed by atoms with Crippen molar-refractivity contribution in [1.82, 2.24) is 5.16 Å². The van der Waals surface area contributed by atoms with Crippen molar-refractivity contribution in [2.45, 2.75) is 4.21 Å². The predicted molar refractivity (Wildman–Crippen MR) is 143 cm³/mol. The Balaban J connectivity index is 1.46. The number of hydrogen-bond donors (Lipinski definition) is 2. The third kappa shape index (κ3) is 5.83. The maximum Gasteiger partial charge on any atom is 0.271 e. The molecule has 2 N–H and O–H groups in total. The maximum absolute atomic E-state index is 13.3. The van der Waals surface area contributed by atoms with Gasteiger partial charge in [-0.25, -0.2) is 8.42 Å². The van der Waals surface area contributed by atoms with Crippen LogP contribution < -0.4 is 14.8 Å². The number of hydrogen-bond acceptors (Lipinski definition) is 7. The van der Waals surface area contributed by atoms with Gasteiger partial charge in [-0.1, -0.05) is 35.0 Å². The number of amides is 1. The molecule has 1 amide bonds. The standard InChI is InChI=1S/C26H18ClN3O5S2/c27-17-6-8-18(9-7-17)28-26(31)21-16-20(35-19-4-2-1-3-5-19)10-11-22(21)30-37(32,33)25-13-12-24(36-25)23-14-15-34-29-23/h1-16,30H,(H,28,31). The van der Waals surface area contributed by atoms with Crippen molar-refractivity contribution in [3.8, 4) is 22.1 Å². The van der Waals surface area contributed by atoms with Gasteiger partial charge in [0.2, 0.25) is 0 Å². The molecule has 0 saturated carbocycles. The minimum absolute atomic E-state index is 0.0548. The molecule has 0 bridgehead atoms. The Bertz CT molecular complexity index is 1640. The lowest BCUT2D eigenvalue weighted by Gasteiger charge is -2.14. The number of ether oxygens (including phenoxy) is 1. The first-order chi connectivity index (χ1) is 17.9. The largest absolute Gasteiger partial charge is 0.457 e. The minimum atomic E-state index is -4.02. The molecular weight excluding hydrogens is 534 g/mol. The second-order valence-corrected chi connectivity index (χ2v) is 11.1. The van der Waals surface area contributed by atoms with Crippen molar-refractivity contribution < 1.29 is 22.5 Å². The molecule has 186 valence electrons. The predicted octanol–water partition coefficient (Wildman–Crippen LogP) is 6.90. The molecule has 2 heterocycles. The molecule has 8 nitrogen and oxygen atoms in total. The molecule has 0 unspecified atom stereocenters. The van der Waals surface area contributed by atoms with Crippen LogP contribution in [0.15, 0.2) is 106 Å². The number of rotatable bonds is 8. The van der Waals surface area contributed by atoms with Crippen LogP contribution in [-0.4, -0.2) is 19.5 Å². The fourth-order valence-corrected chi connectivity index (χ4v) is 5.83. The van der Waals surface area contributed by atoms with Crippen LogP contribution in [-0.2, 0) is 10.0 Å². The van der Waals surface area contributed by atoms with E-state index in [4.69, 9.17) is 20.9 Å². The highest BCUT2D eigenvalue weighted by molar-refractivity contribution is 7.94. The van der Waals surface area contributed by atoms with Crippen LogP contribution in [0.25, 0.3) is 10.6 Å². The van der Waals surface area contributed by atoms with Gasteiger partial charge >= 0.3 is 0 Å². The van der Waals surface area contributed by atoms with E-state index in [9.17, 15) is 13.2 Å². The number of benzene rings is 3. The van der Waals surface area contributed by atoms with Crippen molar-refractivity contribution in [2.24, 2.45) is 0 Å². The maximum atomic E-state index is 13.3. The Morgan fingerprint density at radius 1 is 0.919 bits per heavy atom. The van der Waals surface area contributed by atoms with E-state index < -0.39 is 15.9 Å². The number of anilines is 2. The van der Waals surface area contributed by atoms with Gasteiger partial charge in [0.15, 0.2) is 0 Å². The number of halogens is 1. The molecule has 0 aliphatic carbocycles. The number of thiophene rings is 1. The van der Waals surface area contributed by atoms with Crippen LogP contribution in [0.4, 0.5) is 11.4 Å². The fourth-order valence-electron chi connectivity index (χ4n) is 3.36. The average Bonchev–Trinajstić information content (AvgIpc) is 3.60. The summed E-state index contributed by atoms with van der Waals surface area (Å²) in [5, 5.41) is 7.12. The van der Waals surface area contributed by atoms with Gasteiger partial charge in [-0.05, 0) is 66.7 Å². The van der Waals surface area contributed by atoms with E-state index in [2.05, 4.69) is 15.2 Å². The zero-order chi connectivity index (χ0) is 25.8. The summed E-state index contributed by atoms with van der Waals surface area (Å²) >= 11 is 6.97. The lowest BCUT2D eigenvalue weighted by atomic mass is 10.1. The molecule has 0 radical (unpaired) electrons. The molecule has 11 heteroatoms. The number of nitrogens with one attached hydrogen (secondary N) is 2. The van der Waals surface area contributed by atoms with E-state index in [1.54, 1.807) is 54.6 Å². The second-order valence-electron chi connectivity index (χ2n) is 7.69. The first-order valence-corrected chi connectivity index (χ1v) is 13.5. The summed E-state index contributed by atoms with van der Waals surface area (Å²) in [6, 6.07) is 24.9. The molecule has 0 aliphatic rings. The highest BCUT2D eigenvalue weighted by atomic mass is 35.5. The Hall–Kier alpha value is -4.12. The molecule has 5 aromatic rings. The third-order valence-electron chi connectivity index (χ3n) is 5.10. The van der Waals surface area contributed by atoms with E-state index in [1.165, 1.54) is 24.5 Å². The van der Waals surface area contributed by atoms with Gasteiger partial charge in [0.25, 0.3) is 15.9 Å².